The highest BCUT2D eigenvalue weighted by molar-refractivity contribution is 7.80. The van der Waals surface area contributed by atoms with Crippen molar-refractivity contribution in [1.82, 2.24) is 24.8 Å². The molecule has 0 bridgehead atoms. The predicted molar refractivity (Wildman–Crippen MR) is 110 cm³/mol. The van der Waals surface area contributed by atoms with Crippen LogP contribution in [0.15, 0.2) is 67.4 Å². The van der Waals surface area contributed by atoms with Crippen LogP contribution < -0.4 is 5.32 Å². The van der Waals surface area contributed by atoms with Crippen molar-refractivity contribution in [3.63, 3.8) is 0 Å². The second-order valence-electron chi connectivity index (χ2n) is 7.10. The first-order chi connectivity index (χ1) is 13.1. The molecule has 6 heteroatoms. The van der Waals surface area contributed by atoms with E-state index < -0.39 is 0 Å². The van der Waals surface area contributed by atoms with Gasteiger partial charge in [0.05, 0.1) is 17.8 Å². The molecule has 1 saturated heterocycles. The normalized spacial score (nSPS) is 19.5. The maximum atomic E-state index is 5.71. The van der Waals surface area contributed by atoms with E-state index in [1.54, 1.807) is 6.20 Å². The Balaban J connectivity index is 1.73. The van der Waals surface area contributed by atoms with Crippen molar-refractivity contribution >= 4 is 17.3 Å². The monoisotopic (exact) mass is 377 g/mol. The standard InChI is InChI=1S/C21H23N5S/c1-15(2)25-11-8-17(14-25)20-19(18-7-3-4-10-23-18)24-21(27)26(20)13-16-6-5-9-22-12-16/h3-12,14-15,19-20H,13H2,1-2H3,(H,24,27)/t19-,20-/m1/s1. The molecule has 2 atom stereocenters. The Labute approximate surface area is 165 Å². The number of hydrogen-bond acceptors (Lipinski definition) is 3. The van der Waals surface area contributed by atoms with E-state index in [1.165, 1.54) is 5.56 Å². The second-order valence-corrected chi connectivity index (χ2v) is 7.49. The van der Waals surface area contributed by atoms with Crippen LogP contribution in [0.3, 0.4) is 0 Å². The SMILES string of the molecule is CC(C)n1ccc([C@@H]2[C@@H](c3ccccn3)NC(=S)N2Cc2cccnc2)c1. The summed E-state index contributed by atoms with van der Waals surface area (Å²) in [7, 11) is 0. The largest absolute Gasteiger partial charge is 0.352 e. The molecule has 138 valence electrons. The van der Waals surface area contributed by atoms with Crippen LogP contribution in [0.2, 0.25) is 0 Å². The highest BCUT2D eigenvalue weighted by Gasteiger charge is 2.40. The number of nitrogens with one attached hydrogen (secondary N) is 1. The molecule has 0 spiro atoms. The van der Waals surface area contributed by atoms with E-state index in [2.05, 4.69) is 69.2 Å². The minimum absolute atomic E-state index is 0.0124. The van der Waals surface area contributed by atoms with Gasteiger partial charge in [0, 0.05) is 43.6 Å². The predicted octanol–water partition coefficient (Wildman–Crippen LogP) is 4.03. The molecule has 0 saturated carbocycles. The third-order valence-electron chi connectivity index (χ3n) is 4.95. The molecule has 0 aliphatic carbocycles. The quantitative estimate of drug-likeness (QED) is 0.680. The molecule has 1 fully saturated rings. The average molecular weight is 378 g/mol. The summed E-state index contributed by atoms with van der Waals surface area (Å²) in [6.45, 7) is 5.08. The lowest BCUT2D eigenvalue weighted by molar-refractivity contribution is 0.310. The lowest BCUT2D eigenvalue weighted by Gasteiger charge is -2.27. The Hall–Kier alpha value is -2.73. The number of hydrogen-bond donors (Lipinski definition) is 1. The van der Waals surface area contributed by atoms with Crippen molar-refractivity contribution in [3.8, 4) is 0 Å². The zero-order valence-electron chi connectivity index (χ0n) is 15.5. The maximum Gasteiger partial charge on any atom is 0.170 e. The molecule has 0 amide bonds. The summed E-state index contributed by atoms with van der Waals surface area (Å²) in [6, 6.07) is 12.8. The van der Waals surface area contributed by atoms with Crippen LogP contribution in [0.25, 0.3) is 0 Å². The summed E-state index contributed by atoms with van der Waals surface area (Å²) in [6.07, 6.45) is 9.88. The fraction of sp³-hybridized carbons (Fsp3) is 0.286. The van der Waals surface area contributed by atoms with E-state index >= 15 is 0 Å². The topological polar surface area (TPSA) is 46.0 Å². The third-order valence-corrected chi connectivity index (χ3v) is 5.30. The third kappa shape index (κ3) is 3.57. The second kappa shape index (κ2) is 7.48. The number of pyridine rings is 2. The summed E-state index contributed by atoms with van der Waals surface area (Å²) < 4.78 is 2.23. The molecule has 0 aromatic carbocycles. The molecule has 1 N–H and O–H groups in total. The van der Waals surface area contributed by atoms with Crippen molar-refractivity contribution in [1.29, 1.82) is 0 Å². The summed E-state index contributed by atoms with van der Waals surface area (Å²) >= 11 is 5.71. The van der Waals surface area contributed by atoms with Crippen LogP contribution in [0.1, 0.15) is 48.8 Å². The lowest BCUT2D eigenvalue weighted by atomic mass is 9.99. The van der Waals surface area contributed by atoms with Gasteiger partial charge in [-0.15, -0.1) is 0 Å². The first kappa shape index (κ1) is 17.7. The maximum absolute atomic E-state index is 5.71. The van der Waals surface area contributed by atoms with Crippen LogP contribution in [0.5, 0.6) is 0 Å². The molecule has 0 unspecified atom stereocenters. The Morgan fingerprint density at radius 2 is 2.04 bits per heavy atom. The Morgan fingerprint density at radius 1 is 1.15 bits per heavy atom. The molecule has 1 aliphatic heterocycles. The van der Waals surface area contributed by atoms with Crippen molar-refractivity contribution in [2.45, 2.75) is 38.5 Å². The molecule has 5 nitrogen and oxygen atoms in total. The molecule has 3 aromatic rings. The minimum Gasteiger partial charge on any atom is -0.352 e. The van der Waals surface area contributed by atoms with Crippen molar-refractivity contribution in [2.24, 2.45) is 0 Å². The lowest BCUT2D eigenvalue weighted by Crippen LogP contribution is -2.29. The van der Waals surface area contributed by atoms with E-state index in [1.807, 2.05) is 30.6 Å². The van der Waals surface area contributed by atoms with Crippen LogP contribution in [-0.4, -0.2) is 24.5 Å². The molecule has 27 heavy (non-hydrogen) atoms. The highest BCUT2D eigenvalue weighted by Crippen LogP contribution is 2.39. The zero-order valence-corrected chi connectivity index (χ0v) is 16.3. The zero-order chi connectivity index (χ0) is 18.8. The fourth-order valence-electron chi connectivity index (χ4n) is 3.55. The van der Waals surface area contributed by atoms with Gasteiger partial charge in [0.1, 0.15) is 0 Å². The smallest absolute Gasteiger partial charge is 0.170 e. The van der Waals surface area contributed by atoms with Gasteiger partial charge in [0.15, 0.2) is 5.11 Å². The molecule has 4 rings (SSSR count). The molecule has 0 radical (unpaired) electrons. The molecule has 4 heterocycles. The van der Waals surface area contributed by atoms with Gasteiger partial charge >= 0.3 is 0 Å². The van der Waals surface area contributed by atoms with Crippen LogP contribution in [-0.2, 0) is 6.54 Å². The van der Waals surface area contributed by atoms with Gasteiger partial charge < -0.3 is 14.8 Å². The van der Waals surface area contributed by atoms with Gasteiger partial charge in [0.25, 0.3) is 0 Å². The van der Waals surface area contributed by atoms with E-state index in [0.717, 1.165) is 16.4 Å². The minimum atomic E-state index is 0.0124. The molecule has 3 aromatic heterocycles. The van der Waals surface area contributed by atoms with Gasteiger partial charge in [0.2, 0.25) is 0 Å². The van der Waals surface area contributed by atoms with Crippen LogP contribution in [0.4, 0.5) is 0 Å². The molecular formula is C21H23N5S. The average Bonchev–Trinajstić information content (AvgIpc) is 3.29. The Morgan fingerprint density at radius 3 is 2.70 bits per heavy atom. The molecular weight excluding hydrogens is 354 g/mol. The molecule has 1 aliphatic rings. The van der Waals surface area contributed by atoms with Crippen LogP contribution in [0, 0.1) is 0 Å². The van der Waals surface area contributed by atoms with Gasteiger partial charge in [-0.05, 0) is 61.5 Å². The Kier molecular flexibility index (Phi) is 4.90. The van der Waals surface area contributed by atoms with Gasteiger partial charge in [-0.2, -0.15) is 0 Å². The number of thiocarbonyl (C=S) groups is 1. The summed E-state index contributed by atoms with van der Waals surface area (Å²) in [5.41, 5.74) is 3.36. The summed E-state index contributed by atoms with van der Waals surface area (Å²) in [5.74, 6) is 0. The van der Waals surface area contributed by atoms with Gasteiger partial charge in [-0.3, -0.25) is 9.97 Å². The van der Waals surface area contributed by atoms with Crippen molar-refractivity contribution in [3.05, 3.63) is 84.2 Å². The Bertz CT molecular complexity index is 907. The van der Waals surface area contributed by atoms with Crippen molar-refractivity contribution < 1.29 is 0 Å². The summed E-state index contributed by atoms with van der Waals surface area (Å²) in [4.78, 5) is 11.1. The number of rotatable bonds is 5. The fourth-order valence-corrected chi connectivity index (χ4v) is 3.86. The summed E-state index contributed by atoms with van der Waals surface area (Å²) in [5, 5.41) is 4.24. The van der Waals surface area contributed by atoms with E-state index in [4.69, 9.17) is 12.2 Å². The number of nitrogens with zero attached hydrogens (tertiary/aromatic N) is 4. The van der Waals surface area contributed by atoms with Crippen LogP contribution >= 0.6 is 12.2 Å². The first-order valence-corrected chi connectivity index (χ1v) is 9.58. The van der Waals surface area contributed by atoms with Gasteiger partial charge in [-0.25, -0.2) is 0 Å². The first-order valence-electron chi connectivity index (χ1n) is 9.18. The van der Waals surface area contributed by atoms with Gasteiger partial charge in [-0.1, -0.05) is 12.1 Å². The van der Waals surface area contributed by atoms with Crippen molar-refractivity contribution in [2.75, 3.05) is 0 Å². The number of aromatic nitrogens is 3. The van der Waals surface area contributed by atoms with E-state index in [9.17, 15) is 0 Å². The van der Waals surface area contributed by atoms with E-state index in [0.29, 0.717) is 12.6 Å². The van der Waals surface area contributed by atoms with E-state index in [-0.39, 0.29) is 12.1 Å². The highest BCUT2D eigenvalue weighted by atomic mass is 32.1.